The van der Waals surface area contributed by atoms with E-state index in [-0.39, 0.29) is 10.8 Å². The summed E-state index contributed by atoms with van der Waals surface area (Å²) in [4.78, 5) is 12.6. The molecule has 0 aliphatic heterocycles. The Labute approximate surface area is 175 Å². The summed E-state index contributed by atoms with van der Waals surface area (Å²) >= 11 is 0. The Kier molecular flexibility index (Phi) is 6.32. The lowest BCUT2D eigenvalue weighted by Crippen LogP contribution is -2.21. The van der Waals surface area contributed by atoms with Crippen LogP contribution in [-0.2, 0) is 16.6 Å². The molecule has 0 saturated heterocycles. The summed E-state index contributed by atoms with van der Waals surface area (Å²) in [5.41, 5.74) is 4.66. The van der Waals surface area contributed by atoms with Gasteiger partial charge < -0.3 is 9.84 Å². The highest BCUT2D eigenvalue weighted by Gasteiger charge is 2.25. The smallest absolute Gasteiger partial charge is 0.339 e. The molecule has 0 unspecified atom stereocenters. The van der Waals surface area contributed by atoms with Gasteiger partial charge in [0.05, 0.1) is 0 Å². The van der Waals surface area contributed by atoms with Crippen molar-refractivity contribution in [1.82, 2.24) is 0 Å². The van der Waals surface area contributed by atoms with Crippen molar-refractivity contribution in [1.29, 1.82) is 0 Å². The van der Waals surface area contributed by atoms with Gasteiger partial charge >= 0.3 is 5.97 Å². The molecule has 0 amide bonds. The lowest BCUT2D eigenvalue weighted by molar-refractivity contribution is -0.131. The van der Waals surface area contributed by atoms with E-state index in [0.717, 1.165) is 27.8 Å². The van der Waals surface area contributed by atoms with Crippen LogP contribution in [-0.4, -0.2) is 11.1 Å². The van der Waals surface area contributed by atoms with Gasteiger partial charge in [0.25, 0.3) is 0 Å². The van der Waals surface area contributed by atoms with Gasteiger partial charge in [-0.05, 0) is 47.4 Å². The van der Waals surface area contributed by atoms with Gasteiger partial charge in [0, 0.05) is 12.0 Å². The van der Waals surface area contributed by atoms with E-state index >= 15 is 0 Å². The predicted octanol–water partition coefficient (Wildman–Crippen LogP) is 6.41. The molecule has 0 saturated carbocycles. The van der Waals surface area contributed by atoms with Gasteiger partial charge in [-0.1, -0.05) is 83.5 Å². The van der Waals surface area contributed by atoms with Crippen molar-refractivity contribution >= 4 is 5.97 Å². The summed E-state index contributed by atoms with van der Waals surface area (Å²) in [6.45, 7) is 20.0. The molecule has 0 aliphatic carbocycles. The quantitative estimate of drug-likeness (QED) is 0.370. The lowest BCUT2D eigenvalue weighted by atomic mass is 9.83. The third kappa shape index (κ3) is 5.50. The average molecular weight is 395 g/mol. The molecule has 2 rings (SSSR count). The van der Waals surface area contributed by atoms with Gasteiger partial charge in [-0.2, -0.15) is 0 Å². The Bertz CT molecular complexity index is 938. The van der Waals surface area contributed by atoms with Gasteiger partial charge in [0.2, 0.25) is 0 Å². The van der Waals surface area contributed by atoms with Crippen LogP contribution < -0.4 is 4.74 Å². The SMILES string of the molecule is C=C(C(=O)Oc1ccc(C)cc1Cc1cc(C)cc(C(C)(C)C)c1O)C(C)(C)C. The molecule has 0 aromatic heterocycles. The zero-order valence-electron chi connectivity index (χ0n) is 19.1. The summed E-state index contributed by atoms with van der Waals surface area (Å²) in [7, 11) is 0. The molecule has 0 fully saturated rings. The Morgan fingerprint density at radius 3 is 2.10 bits per heavy atom. The van der Waals surface area contributed by atoms with E-state index in [0.29, 0.717) is 23.5 Å². The zero-order chi connectivity index (χ0) is 22.1. The molecule has 1 N–H and O–H groups in total. The van der Waals surface area contributed by atoms with Crippen molar-refractivity contribution in [2.45, 2.75) is 67.2 Å². The van der Waals surface area contributed by atoms with Crippen LogP contribution in [0.1, 0.15) is 69.4 Å². The van der Waals surface area contributed by atoms with E-state index in [1.807, 2.05) is 65.0 Å². The monoisotopic (exact) mass is 394 g/mol. The molecule has 0 aliphatic rings. The number of ether oxygens (including phenoxy) is 1. The number of carbonyl (C=O) groups is 1. The number of hydrogen-bond donors (Lipinski definition) is 1. The number of rotatable bonds is 4. The number of benzene rings is 2. The Hall–Kier alpha value is -2.55. The molecule has 0 heterocycles. The fraction of sp³-hybridized carbons (Fsp3) is 0.423. The van der Waals surface area contributed by atoms with Crippen LogP contribution in [0.2, 0.25) is 0 Å². The first kappa shape index (κ1) is 22.7. The van der Waals surface area contributed by atoms with Crippen molar-refractivity contribution in [2.24, 2.45) is 5.41 Å². The molecule has 2 aromatic carbocycles. The van der Waals surface area contributed by atoms with Crippen molar-refractivity contribution in [3.8, 4) is 11.5 Å². The Morgan fingerprint density at radius 1 is 0.966 bits per heavy atom. The zero-order valence-corrected chi connectivity index (χ0v) is 19.1. The minimum atomic E-state index is -0.425. The topological polar surface area (TPSA) is 46.5 Å². The van der Waals surface area contributed by atoms with Crippen LogP contribution in [0.25, 0.3) is 0 Å². The molecule has 2 aromatic rings. The highest BCUT2D eigenvalue weighted by molar-refractivity contribution is 5.90. The molecule has 3 heteroatoms. The number of aromatic hydroxyl groups is 1. The number of aryl methyl sites for hydroxylation is 2. The maximum Gasteiger partial charge on any atom is 0.339 e. The first-order valence-electron chi connectivity index (χ1n) is 10.0. The second-order valence-corrected chi connectivity index (χ2v) is 9.98. The minimum absolute atomic E-state index is 0.169. The molecular weight excluding hydrogens is 360 g/mol. The second kappa shape index (κ2) is 8.06. The van der Waals surface area contributed by atoms with E-state index < -0.39 is 5.97 Å². The third-order valence-electron chi connectivity index (χ3n) is 5.09. The highest BCUT2D eigenvalue weighted by Crippen LogP contribution is 2.37. The van der Waals surface area contributed by atoms with Crippen LogP contribution in [0.15, 0.2) is 42.5 Å². The maximum atomic E-state index is 12.6. The lowest BCUT2D eigenvalue weighted by Gasteiger charge is -2.23. The first-order valence-corrected chi connectivity index (χ1v) is 10.0. The minimum Gasteiger partial charge on any atom is -0.507 e. The van der Waals surface area contributed by atoms with Gasteiger partial charge in [-0.3, -0.25) is 0 Å². The molecule has 0 bridgehead atoms. The second-order valence-electron chi connectivity index (χ2n) is 9.98. The molecular formula is C26H34O3. The molecule has 3 nitrogen and oxygen atoms in total. The fourth-order valence-electron chi connectivity index (χ4n) is 3.18. The van der Waals surface area contributed by atoms with Crippen LogP contribution in [0.5, 0.6) is 11.5 Å². The van der Waals surface area contributed by atoms with E-state index in [1.165, 1.54) is 0 Å². The third-order valence-corrected chi connectivity index (χ3v) is 5.09. The van der Waals surface area contributed by atoms with Gasteiger partial charge in [0.15, 0.2) is 0 Å². The summed E-state index contributed by atoms with van der Waals surface area (Å²) in [6.07, 6.45) is 0.475. The largest absolute Gasteiger partial charge is 0.507 e. The average Bonchev–Trinajstić information content (AvgIpc) is 2.57. The molecule has 0 spiro atoms. The van der Waals surface area contributed by atoms with Crippen molar-refractivity contribution < 1.29 is 14.6 Å². The van der Waals surface area contributed by atoms with E-state index in [4.69, 9.17) is 4.74 Å². The fourth-order valence-corrected chi connectivity index (χ4v) is 3.18. The van der Waals surface area contributed by atoms with Crippen LogP contribution in [0.3, 0.4) is 0 Å². The number of esters is 1. The number of carbonyl (C=O) groups excluding carboxylic acids is 1. The Morgan fingerprint density at radius 2 is 1.55 bits per heavy atom. The van der Waals surface area contributed by atoms with Crippen molar-refractivity contribution in [3.05, 3.63) is 70.3 Å². The van der Waals surface area contributed by atoms with Gasteiger partial charge in [0.1, 0.15) is 11.5 Å². The van der Waals surface area contributed by atoms with Crippen LogP contribution in [0.4, 0.5) is 0 Å². The maximum absolute atomic E-state index is 12.6. The van der Waals surface area contributed by atoms with Crippen molar-refractivity contribution in [2.75, 3.05) is 0 Å². The molecule has 29 heavy (non-hydrogen) atoms. The van der Waals surface area contributed by atoms with E-state index in [9.17, 15) is 9.90 Å². The van der Waals surface area contributed by atoms with Crippen LogP contribution in [0, 0.1) is 19.3 Å². The molecule has 0 atom stereocenters. The normalized spacial score (nSPS) is 12.0. The van der Waals surface area contributed by atoms with Crippen molar-refractivity contribution in [3.63, 3.8) is 0 Å². The van der Waals surface area contributed by atoms with Gasteiger partial charge in [-0.25, -0.2) is 4.79 Å². The summed E-state index contributed by atoms with van der Waals surface area (Å²) in [5, 5.41) is 10.9. The predicted molar refractivity (Wildman–Crippen MR) is 120 cm³/mol. The number of phenols is 1. The molecule has 156 valence electrons. The number of phenolic OH excluding ortho intramolecular Hbond substituents is 1. The first-order chi connectivity index (χ1) is 13.2. The molecule has 0 radical (unpaired) electrons. The van der Waals surface area contributed by atoms with Gasteiger partial charge in [-0.15, -0.1) is 0 Å². The summed E-state index contributed by atoms with van der Waals surface area (Å²) in [6, 6.07) is 9.76. The number of hydrogen-bond acceptors (Lipinski definition) is 3. The summed E-state index contributed by atoms with van der Waals surface area (Å²) < 4.78 is 5.71. The van der Waals surface area contributed by atoms with E-state index in [1.54, 1.807) is 0 Å². The van der Waals surface area contributed by atoms with E-state index in [2.05, 4.69) is 27.4 Å². The Balaban J connectivity index is 2.45. The standard InChI is InChI=1S/C26H34O3/c1-16-10-11-22(29-24(28)18(3)25(4,5)6)19(12-16)15-20-13-17(2)14-21(23(20)27)26(7,8)9/h10-14,27H,3,15H2,1-2,4-9H3. The highest BCUT2D eigenvalue weighted by atomic mass is 16.5. The summed E-state index contributed by atoms with van der Waals surface area (Å²) in [5.74, 6) is 0.386. The van der Waals surface area contributed by atoms with Crippen LogP contribution >= 0.6 is 0 Å².